The van der Waals surface area contributed by atoms with Gasteiger partial charge in [-0.15, -0.1) is 0 Å². The van der Waals surface area contributed by atoms with E-state index >= 15 is 0 Å². The first kappa shape index (κ1) is 25.6. The fourth-order valence-corrected chi connectivity index (χ4v) is 3.62. The first-order valence-corrected chi connectivity index (χ1v) is 11.6. The first-order valence-electron chi connectivity index (χ1n) is 11.6. The average Bonchev–Trinajstić information content (AvgIpc) is 3.07. The largest absolute Gasteiger partial charge is 0.394 e. The number of ether oxygens (including phenoxy) is 2. The van der Waals surface area contributed by atoms with E-state index in [4.69, 9.17) is 14.6 Å². The summed E-state index contributed by atoms with van der Waals surface area (Å²) in [5.74, 6) is 0. The van der Waals surface area contributed by atoms with E-state index in [9.17, 15) is 10.2 Å². The smallest absolute Gasteiger partial charge is 0.114 e. The number of aliphatic hydroxyl groups excluding tert-OH is 3. The van der Waals surface area contributed by atoms with Gasteiger partial charge in [-0.3, -0.25) is 0 Å². The molecule has 1 rings (SSSR count). The summed E-state index contributed by atoms with van der Waals surface area (Å²) in [5, 5.41) is 28.6. The number of hydrogen-bond donors (Lipinski definition) is 3. The molecule has 5 heteroatoms. The van der Waals surface area contributed by atoms with E-state index < -0.39 is 31.0 Å². The molecule has 0 spiro atoms. The molecule has 0 radical (unpaired) electrons. The maximum atomic E-state index is 10.1. The van der Waals surface area contributed by atoms with Crippen LogP contribution >= 0.6 is 0 Å². The van der Waals surface area contributed by atoms with Crippen molar-refractivity contribution in [3.63, 3.8) is 0 Å². The predicted molar refractivity (Wildman–Crippen MR) is 113 cm³/mol. The number of unbranched alkanes of at least 4 members (excludes halogenated alkanes) is 11. The SMILES string of the molecule is CCC/C=C/CCCCCCCCCCCCO[C@@H]1CO[C@@H]([C@@H](O)CO)[C@H]1O. The Hall–Kier alpha value is -0.460. The monoisotopic (exact) mass is 400 g/mol. The van der Waals surface area contributed by atoms with Crippen LogP contribution in [0.1, 0.15) is 90.4 Å². The standard InChI is InChI=1S/C23H44O5/c1-2-3-4-5-6-7-8-9-10-11-12-13-14-15-16-17-27-21-19-28-23(22(21)26)20(25)18-24/h4-5,20-26H,2-3,6-19H2,1H3/b5-4+/t20-,21+,22-,23-/m0/s1. The highest BCUT2D eigenvalue weighted by molar-refractivity contribution is 4.88. The highest BCUT2D eigenvalue weighted by atomic mass is 16.6. The molecule has 28 heavy (non-hydrogen) atoms. The third-order valence-electron chi connectivity index (χ3n) is 5.46. The fourth-order valence-electron chi connectivity index (χ4n) is 3.62. The minimum absolute atomic E-state index is 0.276. The Morgan fingerprint density at radius 1 is 0.929 bits per heavy atom. The lowest BCUT2D eigenvalue weighted by Crippen LogP contribution is -2.41. The van der Waals surface area contributed by atoms with Crippen LogP contribution in [0.3, 0.4) is 0 Å². The van der Waals surface area contributed by atoms with Crippen molar-refractivity contribution in [2.75, 3.05) is 19.8 Å². The highest BCUT2D eigenvalue weighted by Crippen LogP contribution is 2.20. The third kappa shape index (κ3) is 11.5. The van der Waals surface area contributed by atoms with Crippen LogP contribution in [0.2, 0.25) is 0 Å². The number of rotatable bonds is 18. The lowest BCUT2D eigenvalue weighted by molar-refractivity contribution is -0.0730. The van der Waals surface area contributed by atoms with Crippen molar-refractivity contribution >= 4 is 0 Å². The quantitative estimate of drug-likeness (QED) is 0.238. The second kappa shape index (κ2) is 17.4. The summed E-state index contributed by atoms with van der Waals surface area (Å²) in [5.41, 5.74) is 0. The maximum Gasteiger partial charge on any atom is 0.114 e. The Balaban J connectivity index is 1.82. The summed E-state index contributed by atoms with van der Waals surface area (Å²) in [6.45, 7) is 2.69. The van der Waals surface area contributed by atoms with E-state index in [2.05, 4.69) is 19.1 Å². The van der Waals surface area contributed by atoms with Crippen LogP contribution in [0, 0.1) is 0 Å². The summed E-state index contributed by atoms with van der Waals surface area (Å²) in [6.07, 6.45) is 18.1. The van der Waals surface area contributed by atoms with Gasteiger partial charge in [-0.05, 0) is 25.7 Å². The van der Waals surface area contributed by atoms with Crippen molar-refractivity contribution in [3.8, 4) is 0 Å². The van der Waals surface area contributed by atoms with Gasteiger partial charge in [-0.25, -0.2) is 0 Å². The van der Waals surface area contributed by atoms with Crippen molar-refractivity contribution in [1.82, 2.24) is 0 Å². The normalized spacial score (nSPS) is 23.6. The molecule has 0 amide bonds. The molecule has 1 fully saturated rings. The zero-order chi connectivity index (χ0) is 20.5. The second-order valence-electron chi connectivity index (χ2n) is 8.03. The van der Waals surface area contributed by atoms with E-state index in [1.54, 1.807) is 0 Å². The van der Waals surface area contributed by atoms with Crippen LogP contribution < -0.4 is 0 Å². The molecule has 0 aliphatic carbocycles. The zero-order valence-electron chi connectivity index (χ0n) is 17.9. The van der Waals surface area contributed by atoms with Crippen LogP contribution in [0.4, 0.5) is 0 Å². The Bertz CT molecular complexity index is 374. The summed E-state index contributed by atoms with van der Waals surface area (Å²) in [4.78, 5) is 0. The summed E-state index contributed by atoms with van der Waals surface area (Å²) < 4.78 is 11.0. The Kier molecular flexibility index (Phi) is 15.9. The van der Waals surface area contributed by atoms with Gasteiger partial charge < -0.3 is 24.8 Å². The van der Waals surface area contributed by atoms with Gasteiger partial charge >= 0.3 is 0 Å². The molecule has 0 aromatic rings. The third-order valence-corrected chi connectivity index (χ3v) is 5.46. The topological polar surface area (TPSA) is 79.2 Å². The lowest BCUT2D eigenvalue weighted by Gasteiger charge is -2.20. The average molecular weight is 401 g/mol. The molecule has 4 atom stereocenters. The maximum absolute atomic E-state index is 10.1. The van der Waals surface area contributed by atoms with Crippen molar-refractivity contribution in [2.45, 2.75) is 115 Å². The van der Waals surface area contributed by atoms with E-state index in [0.29, 0.717) is 6.61 Å². The van der Waals surface area contributed by atoms with Gasteiger partial charge in [0.05, 0.1) is 13.2 Å². The molecule has 5 nitrogen and oxygen atoms in total. The number of aliphatic hydroxyl groups is 3. The summed E-state index contributed by atoms with van der Waals surface area (Å²) in [7, 11) is 0. The van der Waals surface area contributed by atoms with Gasteiger partial charge in [0.2, 0.25) is 0 Å². The molecular formula is C23H44O5. The number of hydrogen-bond acceptors (Lipinski definition) is 5. The van der Waals surface area contributed by atoms with Crippen LogP contribution in [-0.2, 0) is 9.47 Å². The van der Waals surface area contributed by atoms with E-state index in [-0.39, 0.29) is 6.61 Å². The zero-order valence-corrected chi connectivity index (χ0v) is 17.9. The summed E-state index contributed by atoms with van der Waals surface area (Å²) in [6, 6.07) is 0. The molecule has 166 valence electrons. The molecule has 0 aromatic carbocycles. The first-order chi connectivity index (χ1) is 13.7. The summed E-state index contributed by atoms with van der Waals surface area (Å²) >= 11 is 0. The van der Waals surface area contributed by atoms with Crippen molar-refractivity contribution in [1.29, 1.82) is 0 Å². The van der Waals surface area contributed by atoms with Crippen molar-refractivity contribution in [2.24, 2.45) is 0 Å². The Labute approximate surface area is 172 Å². The van der Waals surface area contributed by atoms with Gasteiger partial charge in [-0.2, -0.15) is 0 Å². The lowest BCUT2D eigenvalue weighted by atomic mass is 10.1. The van der Waals surface area contributed by atoms with Gasteiger partial charge in [0.15, 0.2) is 0 Å². The van der Waals surface area contributed by atoms with Gasteiger partial charge in [0.25, 0.3) is 0 Å². The molecule has 3 N–H and O–H groups in total. The molecule has 0 saturated carbocycles. The fraction of sp³-hybridized carbons (Fsp3) is 0.913. The second-order valence-corrected chi connectivity index (χ2v) is 8.03. The Morgan fingerprint density at radius 3 is 2.11 bits per heavy atom. The molecule has 1 heterocycles. The van der Waals surface area contributed by atoms with Gasteiger partial charge in [0, 0.05) is 6.61 Å². The van der Waals surface area contributed by atoms with Crippen LogP contribution in [-0.4, -0.2) is 59.6 Å². The van der Waals surface area contributed by atoms with Crippen LogP contribution in [0.5, 0.6) is 0 Å². The van der Waals surface area contributed by atoms with Gasteiger partial charge in [0.1, 0.15) is 24.4 Å². The molecule has 0 aromatic heterocycles. The van der Waals surface area contributed by atoms with Crippen LogP contribution in [0.15, 0.2) is 12.2 Å². The minimum Gasteiger partial charge on any atom is -0.394 e. The molecule has 0 bridgehead atoms. The molecule has 1 aliphatic rings. The predicted octanol–water partition coefficient (Wildman–Crippen LogP) is 4.13. The van der Waals surface area contributed by atoms with E-state index in [1.165, 1.54) is 70.6 Å². The van der Waals surface area contributed by atoms with Gasteiger partial charge in [-0.1, -0.05) is 76.9 Å². The molecule has 1 aliphatic heterocycles. The van der Waals surface area contributed by atoms with Crippen LogP contribution in [0.25, 0.3) is 0 Å². The molecule has 1 saturated heterocycles. The highest BCUT2D eigenvalue weighted by Gasteiger charge is 2.40. The molecular weight excluding hydrogens is 356 g/mol. The molecule has 0 unspecified atom stereocenters. The van der Waals surface area contributed by atoms with Crippen molar-refractivity contribution in [3.05, 3.63) is 12.2 Å². The minimum atomic E-state index is -1.05. The van der Waals surface area contributed by atoms with E-state index in [1.807, 2.05) is 0 Å². The number of allylic oxidation sites excluding steroid dienone is 2. The van der Waals surface area contributed by atoms with E-state index in [0.717, 1.165) is 12.8 Å². The van der Waals surface area contributed by atoms with Crippen molar-refractivity contribution < 1.29 is 24.8 Å². The Morgan fingerprint density at radius 2 is 1.50 bits per heavy atom.